The minimum absolute atomic E-state index is 0.124. The summed E-state index contributed by atoms with van der Waals surface area (Å²) in [5.74, 6) is 1.34. The Kier molecular flexibility index (Phi) is 6.34. The van der Waals surface area contributed by atoms with Crippen molar-refractivity contribution in [3.8, 4) is 16.9 Å². The van der Waals surface area contributed by atoms with E-state index >= 15 is 0 Å². The zero-order chi connectivity index (χ0) is 24.4. The zero-order valence-electron chi connectivity index (χ0n) is 20.6. The zero-order valence-corrected chi connectivity index (χ0v) is 20.6. The molecule has 0 spiro atoms. The summed E-state index contributed by atoms with van der Waals surface area (Å²) in [6.45, 7) is 3.92. The summed E-state index contributed by atoms with van der Waals surface area (Å²) in [6, 6.07) is 18.5. The molecule has 0 amide bonds. The maximum atomic E-state index is 6.50. The number of hydrogen-bond acceptors (Lipinski definition) is 6. The second-order valence-corrected chi connectivity index (χ2v) is 9.81. The van der Waals surface area contributed by atoms with Gasteiger partial charge in [-0.3, -0.25) is 4.90 Å². The second-order valence-electron chi connectivity index (χ2n) is 9.81. The third-order valence-corrected chi connectivity index (χ3v) is 7.71. The van der Waals surface area contributed by atoms with Gasteiger partial charge in [0, 0.05) is 24.8 Å². The van der Waals surface area contributed by atoms with Gasteiger partial charge < -0.3 is 19.8 Å². The summed E-state index contributed by atoms with van der Waals surface area (Å²) >= 11 is 0. The van der Waals surface area contributed by atoms with E-state index in [2.05, 4.69) is 44.9 Å². The molecule has 1 aliphatic heterocycles. The van der Waals surface area contributed by atoms with Gasteiger partial charge in [0.05, 0.1) is 24.3 Å². The molecular formula is C29H33N5O2. The average molecular weight is 484 g/mol. The number of benzene rings is 2. The third kappa shape index (κ3) is 4.22. The standard InChI is InChI=1S/C29H33N5O2/c30-27-26-25(23-10-7-11-24(18-23)36-20-22-8-3-1-4-9-22)19-34(28(26)32-21-31-27)29(12-5-2-6-13-29)33-14-16-35-17-15-33/h1,3-4,7-11,18-19,21H,2,5-6,12-17,20H2,(H2,30,31,32). The number of ether oxygens (including phenoxy) is 2. The molecule has 0 atom stereocenters. The lowest BCUT2D eigenvalue weighted by Gasteiger charge is -2.49. The fourth-order valence-electron chi connectivity index (χ4n) is 5.92. The molecule has 2 aliphatic rings. The Morgan fingerprint density at radius 3 is 2.56 bits per heavy atom. The van der Waals surface area contributed by atoms with Crippen LogP contribution in [0.5, 0.6) is 5.75 Å². The lowest BCUT2D eigenvalue weighted by atomic mass is 9.86. The Morgan fingerprint density at radius 1 is 0.944 bits per heavy atom. The Hall–Kier alpha value is -3.42. The second kappa shape index (κ2) is 9.91. The van der Waals surface area contributed by atoms with Crippen LogP contribution in [0.2, 0.25) is 0 Å². The predicted octanol–water partition coefficient (Wildman–Crippen LogP) is 5.21. The highest BCUT2D eigenvalue weighted by Crippen LogP contribution is 2.44. The van der Waals surface area contributed by atoms with Crippen LogP contribution in [0.1, 0.15) is 37.7 Å². The van der Waals surface area contributed by atoms with Gasteiger partial charge in [0.1, 0.15) is 30.1 Å². The smallest absolute Gasteiger partial charge is 0.147 e. The monoisotopic (exact) mass is 483 g/mol. The Balaban J connectivity index is 1.42. The number of nitrogens with zero attached hydrogens (tertiary/aromatic N) is 4. The van der Waals surface area contributed by atoms with E-state index in [1.165, 1.54) is 19.3 Å². The van der Waals surface area contributed by atoms with E-state index in [4.69, 9.17) is 20.2 Å². The number of anilines is 1. The van der Waals surface area contributed by atoms with E-state index in [-0.39, 0.29) is 5.66 Å². The maximum absolute atomic E-state index is 6.50. The lowest BCUT2D eigenvalue weighted by Crippen LogP contribution is -2.55. The highest BCUT2D eigenvalue weighted by Gasteiger charge is 2.42. The van der Waals surface area contributed by atoms with Crippen molar-refractivity contribution in [3.63, 3.8) is 0 Å². The Bertz CT molecular complexity index is 1320. The number of nitrogen functional groups attached to an aromatic ring is 1. The fraction of sp³-hybridized carbons (Fsp3) is 0.379. The molecule has 6 rings (SSSR count). The van der Waals surface area contributed by atoms with Crippen molar-refractivity contribution in [1.29, 1.82) is 0 Å². The SMILES string of the molecule is Nc1ncnc2c1c(-c1cccc(OCc3ccccc3)c1)cn2C1(N2CCOCC2)CCCCC1. The van der Waals surface area contributed by atoms with Crippen molar-refractivity contribution < 1.29 is 9.47 Å². The maximum Gasteiger partial charge on any atom is 0.147 e. The molecule has 36 heavy (non-hydrogen) atoms. The lowest BCUT2D eigenvalue weighted by molar-refractivity contribution is -0.0751. The molecule has 1 saturated heterocycles. The normalized spacial score (nSPS) is 18.3. The topological polar surface area (TPSA) is 78.4 Å². The largest absolute Gasteiger partial charge is 0.489 e. The molecule has 3 heterocycles. The van der Waals surface area contributed by atoms with Gasteiger partial charge in [-0.2, -0.15) is 0 Å². The van der Waals surface area contributed by atoms with E-state index in [9.17, 15) is 0 Å². The van der Waals surface area contributed by atoms with Gasteiger partial charge in [0.2, 0.25) is 0 Å². The molecule has 0 bridgehead atoms. The number of rotatable bonds is 6. The van der Waals surface area contributed by atoms with E-state index in [0.717, 1.165) is 72.6 Å². The first-order valence-corrected chi connectivity index (χ1v) is 13.0. The van der Waals surface area contributed by atoms with Crippen molar-refractivity contribution in [1.82, 2.24) is 19.4 Å². The van der Waals surface area contributed by atoms with Crippen LogP contribution in [0.4, 0.5) is 5.82 Å². The molecule has 4 aromatic rings. The molecule has 7 heteroatoms. The molecule has 0 radical (unpaired) electrons. The van der Waals surface area contributed by atoms with Crippen LogP contribution in [-0.2, 0) is 17.0 Å². The van der Waals surface area contributed by atoms with E-state index in [0.29, 0.717) is 12.4 Å². The van der Waals surface area contributed by atoms with Crippen LogP contribution in [0.3, 0.4) is 0 Å². The van der Waals surface area contributed by atoms with Gasteiger partial charge in [0.15, 0.2) is 0 Å². The number of nitrogens with two attached hydrogens (primary N) is 1. The number of morpholine rings is 1. The van der Waals surface area contributed by atoms with Gasteiger partial charge in [0.25, 0.3) is 0 Å². The number of fused-ring (bicyclic) bond motifs is 1. The minimum atomic E-state index is -0.124. The van der Waals surface area contributed by atoms with Crippen LogP contribution in [0, 0.1) is 0 Å². The van der Waals surface area contributed by atoms with Crippen LogP contribution in [0.25, 0.3) is 22.2 Å². The minimum Gasteiger partial charge on any atom is -0.489 e. The van der Waals surface area contributed by atoms with Gasteiger partial charge in [-0.05, 0) is 48.9 Å². The molecule has 186 valence electrons. The summed E-state index contributed by atoms with van der Waals surface area (Å²) in [5.41, 5.74) is 10.5. The van der Waals surface area contributed by atoms with Gasteiger partial charge in [-0.1, -0.05) is 48.9 Å². The summed E-state index contributed by atoms with van der Waals surface area (Å²) < 4.78 is 14.3. The first-order valence-electron chi connectivity index (χ1n) is 13.0. The molecule has 7 nitrogen and oxygen atoms in total. The number of aromatic nitrogens is 3. The molecule has 1 aliphatic carbocycles. The van der Waals surface area contributed by atoms with Crippen molar-refractivity contribution in [2.24, 2.45) is 0 Å². The summed E-state index contributed by atoms with van der Waals surface area (Å²) in [4.78, 5) is 11.8. The van der Waals surface area contributed by atoms with Gasteiger partial charge in [-0.25, -0.2) is 9.97 Å². The molecule has 1 saturated carbocycles. The van der Waals surface area contributed by atoms with Gasteiger partial charge in [-0.15, -0.1) is 0 Å². The van der Waals surface area contributed by atoms with Crippen molar-refractivity contribution in [2.75, 3.05) is 32.0 Å². The van der Waals surface area contributed by atoms with E-state index in [1.54, 1.807) is 6.33 Å². The summed E-state index contributed by atoms with van der Waals surface area (Å²) in [6.07, 6.45) is 9.72. The first kappa shape index (κ1) is 23.0. The molecule has 2 aromatic heterocycles. The molecule has 2 N–H and O–H groups in total. The van der Waals surface area contributed by atoms with Crippen LogP contribution < -0.4 is 10.5 Å². The van der Waals surface area contributed by atoms with E-state index in [1.807, 2.05) is 30.3 Å². The molecular weight excluding hydrogens is 450 g/mol. The fourth-order valence-corrected chi connectivity index (χ4v) is 5.92. The Morgan fingerprint density at radius 2 is 1.75 bits per heavy atom. The molecule has 0 unspecified atom stereocenters. The highest BCUT2D eigenvalue weighted by atomic mass is 16.5. The molecule has 2 aromatic carbocycles. The summed E-state index contributed by atoms with van der Waals surface area (Å²) in [5, 5.41) is 0.913. The van der Waals surface area contributed by atoms with Crippen LogP contribution in [-0.4, -0.2) is 45.7 Å². The van der Waals surface area contributed by atoms with E-state index < -0.39 is 0 Å². The first-order chi connectivity index (χ1) is 17.7. The van der Waals surface area contributed by atoms with Crippen molar-refractivity contribution in [2.45, 2.75) is 44.4 Å². The quantitative estimate of drug-likeness (QED) is 0.406. The molecule has 2 fully saturated rings. The van der Waals surface area contributed by atoms with Crippen molar-refractivity contribution >= 4 is 16.9 Å². The predicted molar refractivity (Wildman–Crippen MR) is 142 cm³/mol. The highest BCUT2D eigenvalue weighted by molar-refractivity contribution is 6.00. The van der Waals surface area contributed by atoms with Crippen molar-refractivity contribution in [3.05, 3.63) is 72.7 Å². The van der Waals surface area contributed by atoms with Crippen LogP contribution >= 0.6 is 0 Å². The third-order valence-electron chi connectivity index (χ3n) is 7.71. The van der Waals surface area contributed by atoms with Crippen LogP contribution in [0.15, 0.2) is 67.1 Å². The summed E-state index contributed by atoms with van der Waals surface area (Å²) in [7, 11) is 0. The van der Waals surface area contributed by atoms with Gasteiger partial charge >= 0.3 is 0 Å². The number of hydrogen-bond donors (Lipinski definition) is 1. The Labute approximate surface area is 211 Å². The average Bonchev–Trinajstić information content (AvgIpc) is 3.35.